The first-order valence-electron chi connectivity index (χ1n) is 7.95. The van der Waals surface area contributed by atoms with Crippen LogP contribution in [0.25, 0.3) is 11.0 Å². The predicted molar refractivity (Wildman–Crippen MR) is 84.5 cm³/mol. The van der Waals surface area contributed by atoms with Gasteiger partial charge >= 0.3 is 0 Å². The number of hydrogen-bond donors (Lipinski definition) is 1. The summed E-state index contributed by atoms with van der Waals surface area (Å²) in [4.78, 5) is 16.9. The molecule has 0 saturated heterocycles. The van der Waals surface area contributed by atoms with Crippen LogP contribution in [-0.4, -0.2) is 22.0 Å². The van der Waals surface area contributed by atoms with Crippen molar-refractivity contribution in [2.45, 2.75) is 44.9 Å². The van der Waals surface area contributed by atoms with Crippen LogP contribution in [0.2, 0.25) is 0 Å². The Morgan fingerprint density at radius 1 is 1.38 bits per heavy atom. The molecule has 0 unspecified atom stereocenters. The Bertz CT molecular complexity index is 655. The summed E-state index contributed by atoms with van der Waals surface area (Å²) in [6.45, 7) is 2.91. The second kappa shape index (κ2) is 5.88. The Labute approximate surface area is 125 Å². The van der Waals surface area contributed by atoms with Crippen LogP contribution < -0.4 is 5.32 Å². The van der Waals surface area contributed by atoms with Gasteiger partial charge in [0.15, 0.2) is 0 Å². The molecule has 0 bridgehead atoms. The number of nitrogens with zero attached hydrogens (tertiary/aromatic N) is 2. The van der Waals surface area contributed by atoms with Crippen molar-refractivity contribution in [3.63, 3.8) is 0 Å². The van der Waals surface area contributed by atoms with Crippen molar-refractivity contribution in [2.24, 2.45) is 7.05 Å². The van der Waals surface area contributed by atoms with Crippen LogP contribution in [0.5, 0.6) is 0 Å². The summed E-state index contributed by atoms with van der Waals surface area (Å²) in [6.07, 6.45) is 5.84. The maximum absolute atomic E-state index is 12.1. The molecule has 112 valence electrons. The fraction of sp³-hybridized carbons (Fsp3) is 0.529. The minimum absolute atomic E-state index is 0.00614. The smallest absolute Gasteiger partial charge is 0.251 e. The Balaban J connectivity index is 1.75. The Kier molecular flexibility index (Phi) is 3.95. The Morgan fingerprint density at radius 3 is 2.90 bits per heavy atom. The van der Waals surface area contributed by atoms with Gasteiger partial charge in [-0.15, -0.1) is 0 Å². The molecule has 4 heteroatoms. The molecule has 1 aliphatic rings. The molecule has 1 heterocycles. The SMILES string of the molecule is CCCCCNC(=O)c1ccc2c(c1)nc(C1CC1)n2C. The lowest BCUT2D eigenvalue weighted by Crippen LogP contribution is -2.24. The second-order valence-corrected chi connectivity index (χ2v) is 5.97. The fourth-order valence-electron chi connectivity index (χ4n) is 2.75. The van der Waals surface area contributed by atoms with Crippen molar-refractivity contribution in [1.29, 1.82) is 0 Å². The standard InChI is InChI=1S/C17H23N3O/c1-3-4-5-10-18-17(21)13-8-9-15-14(11-13)19-16(20(15)2)12-6-7-12/h8-9,11-12H,3-7,10H2,1-2H3,(H,18,21). The van der Waals surface area contributed by atoms with Crippen molar-refractivity contribution >= 4 is 16.9 Å². The summed E-state index contributed by atoms with van der Waals surface area (Å²) in [7, 11) is 2.06. The first kappa shape index (κ1) is 14.1. The molecule has 21 heavy (non-hydrogen) atoms. The van der Waals surface area contributed by atoms with Gasteiger partial charge in [0.2, 0.25) is 0 Å². The van der Waals surface area contributed by atoms with Gasteiger partial charge in [0, 0.05) is 25.1 Å². The molecule has 2 aromatic rings. The number of rotatable bonds is 6. The van der Waals surface area contributed by atoms with Crippen LogP contribution in [0.3, 0.4) is 0 Å². The van der Waals surface area contributed by atoms with E-state index < -0.39 is 0 Å². The first-order valence-corrected chi connectivity index (χ1v) is 7.95. The molecule has 1 fully saturated rings. The first-order chi connectivity index (χ1) is 10.2. The highest BCUT2D eigenvalue weighted by Crippen LogP contribution is 2.40. The molecule has 1 aromatic carbocycles. The van der Waals surface area contributed by atoms with E-state index in [2.05, 4.69) is 23.9 Å². The van der Waals surface area contributed by atoms with E-state index in [1.807, 2.05) is 18.2 Å². The second-order valence-electron chi connectivity index (χ2n) is 5.97. The number of carbonyl (C=O) groups excluding carboxylic acids is 1. The maximum atomic E-state index is 12.1. The topological polar surface area (TPSA) is 46.9 Å². The molecule has 1 aliphatic carbocycles. The molecule has 0 radical (unpaired) electrons. The third kappa shape index (κ3) is 2.94. The molecular weight excluding hydrogens is 262 g/mol. The minimum atomic E-state index is 0.00614. The van der Waals surface area contributed by atoms with Crippen LogP contribution in [0, 0.1) is 0 Å². The van der Waals surface area contributed by atoms with Gasteiger partial charge in [0.25, 0.3) is 5.91 Å². The zero-order chi connectivity index (χ0) is 14.8. The number of amides is 1. The molecule has 0 spiro atoms. The van der Waals surface area contributed by atoms with Crippen LogP contribution >= 0.6 is 0 Å². The van der Waals surface area contributed by atoms with E-state index in [1.54, 1.807) is 0 Å². The highest BCUT2D eigenvalue weighted by atomic mass is 16.1. The number of nitrogens with one attached hydrogen (secondary N) is 1. The van der Waals surface area contributed by atoms with Crippen LogP contribution in [0.1, 0.15) is 61.1 Å². The third-order valence-corrected chi connectivity index (χ3v) is 4.19. The lowest BCUT2D eigenvalue weighted by atomic mass is 10.2. The number of imidazole rings is 1. The van der Waals surface area contributed by atoms with Gasteiger partial charge in [-0.3, -0.25) is 4.79 Å². The average Bonchev–Trinajstić information content (AvgIpc) is 3.28. The van der Waals surface area contributed by atoms with Gasteiger partial charge in [0.05, 0.1) is 11.0 Å². The minimum Gasteiger partial charge on any atom is -0.352 e. The van der Waals surface area contributed by atoms with Crippen molar-refractivity contribution in [3.05, 3.63) is 29.6 Å². The average molecular weight is 285 g/mol. The Hall–Kier alpha value is -1.84. The molecular formula is C17H23N3O. The van der Waals surface area contributed by atoms with Crippen molar-refractivity contribution in [2.75, 3.05) is 6.54 Å². The van der Waals surface area contributed by atoms with Crippen LogP contribution in [0.4, 0.5) is 0 Å². The number of hydrogen-bond acceptors (Lipinski definition) is 2. The molecule has 1 saturated carbocycles. The van der Waals surface area contributed by atoms with Gasteiger partial charge in [-0.05, 0) is 37.5 Å². The molecule has 0 atom stereocenters. The van der Waals surface area contributed by atoms with E-state index in [0.29, 0.717) is 11.5 Å². The molecule has 0 aliphatic heterocycles. The van der Waals surface area contributed by atoms with Gasteiger partial charge in [-0.1, -0.05) is 19.8 Å². The predicted octanol–water partition coefficient (Wildman–Crippen LogP) is 3.37. The zero-order valence-corrected chi connectivity index (χ0v) is 12.9. The Morgan fingerprint density at radius 2 is 2.19 bits per heavy atom. The van der Waals surface area contributed by atoms with E-state index in [-0.39, 0.29) is 5.91 Å². The van der Waals surface area contributed by atoms with Gasteiger partial charge in [-0.2, -0.15) is 0 Å². The maximum Gasteiger partial charge on any atom is 0.251 e. The van der Waals surface area contributed by atoms with E-state index in [1.165, 1.54) is 19.3 Å². The van der Waals surface area contributed by atoms with Gasteiger partial charge in [-0.25, -0.2) is 4.98 Å². The highest BCUT2D eigenvalue weighted by molar-refractivity contribution is 5.97. The summed E-state index contributed by atoms with van der Waals surface area (Å²) in [6, 6.07) is 5.82. The monoisotopic (exact) mass is 285 g/mol. The van der Waals surface area contributed by atoms with Crippen LogP contribution in [-0.2, 0) is 7.05 Å². The largest absolute Gasteiger partial charge is 0.352 e. The lowest BCUT2D eigenvalue weighted by Gasteiger charge is -2.05. The van der Waals surface area contributed by atoms with E-state index in [0.717, 1.165) is 36.2 Å². The summed E-state index contributed by atoms with van der Waals surface area (Å²) >= 11 is 0. The molecule has 1 amide bonds. The molecule has 1 aromatic heterocycles. The lowest BCUT2D eigenvalue weighted by molar-refractivity contribution is 0.0953. The molecule has 4 nitrogen and oxygen atoms in total. The number of benzene rings is 1. The summed E-state index contributed by atoms with van der Waals surface area (Å²) in [5.41, 5.74) is 2.75. The summed E-state index contributed by atoms with van der Waals surface area (Å²) in [5.74, 6) is 1.78. The van der Waals surface area contributed by atoms with E-state index in [9.17, 15) is 4.79 Å². The van der Waals surface area contributed by atoms with Crippen molar-refractivity contribution in [1.82, 2.24) is 14.9 Å². The van der Waals surface area contributed by atoms with Gasteiger partial charge in [0.1, 0.15) is 5.82 Å². The summed E-state index contributed by atoms with van der Waals surface area (Å²) < 4.78 is 2.16. The summed E-state index contributed by atoms with van der Waals surface area (Å²) in [5, 5.41) is 2.98. The number of aromatic nitrogens is 2. The third-order valence-electron chi connectivity index (χ3n) is 4.19. The number of aryl methyl sites for hydroxylation is 1. The molecule has 1 N–H and O–H groups in total. The number of fused-ring (bicyclic) bond motifs is 1. The van der Waals surface area contributed by atoms with Crippen LogP contribution in [0.15, 0.2) is 18.2 Å². The highest BCUT2D eigenvalue weighted by Gasteiger charge is 2.28. The van der Waals surface area contributed by atoms with Crippen molar-refractivity contribution in [3.8, 4) is 0 Å². The normalized spacial score (nSPS) is 14.6. The van der Waals surface area contributed by atoms with Gasteiger partial charge < -0.3 is 9.88 Å². The van der Waals surface area contributed by atoms with E-state index >= 15 is 0 Å². The quantitative estimate of drug-likeness (QED) is 0.827. The van der Waals surface area contributed by atoms with Crippen molar-refractivity contribution < 1.29 is 4.79 Å². The zero-order valence-electron chi connectivity index (χ0n) is 12.9. The number of unbranched alkanes of at least 4 members (excludes halogenated alkanes) is 2. The fourth-order valence-corrected chi connectivity index (χ4v) is 2.75. The number of carbonyl (C=O) groups is 1. The molecule has 3 rings (SSSR count). The van der Waals surface area contributed by atoms with E-state index in [4.69, 9.17) is 4.98 Å².